The number of phenolic OH excluding ortho intramolecular Hbond substituents is 1. The Bertz CT molecular complexity index is 2450. The number of fused-ring (bicyclic) bond motifs is 4. The molecule has 4 amide bonds. The van der Waals surface area contributed by atoms with Gasteiger partial charge >= 0.3 is 6.18 Å². The lowest BCUT2D eigenvalue weighted by Crippen LogP contribution is -2.53. The molecule has 4 heterocycles. The summed E-state index contributed by atoms with van der Waals surface area (Å²) < 4.78 is 41.2. The topological polar surface area (TPSA) is 123 Å². The summed E-state index contributed by atoms with van der Waals surface area (Å²) in [5, 5.41) is 12.2. The third-order valence-corrected chi connectivity index (χ3v) is 14.1. The predicted octanol–water partition coefficient (Wildman–Crippen LogP) is 8.52. The van der Waals surface area contributed by atoms with E-state index in [-0.39, 0.29) is 42.3 Å². The van der Waals surface area contributed by atoms with Crippen LogP contribution < -0.4 is 5.43 Å². The lowest BCUT2D eigenvalue weighted by atomic mass is 9.49. The van der Waals surface area contributed by atoms with Crippen LogP contribution in [0.15, 0.2) is 101 Å². The van der Waals surface area contributed by atoms with E-state index < -0.39 is 63.6 Å². The van der Waals surface area contributed by atoms with Gasteiger partial charge < -0.3 is 5.11 Å². The van der Waals surface area contributed by atoms with Gasteiger partial charge in [0.2, 0.25) is 11.8 Å². The fourth-order valence-electron chi connectivity index (χ4n) is 10.4. The highest BCUT2D eigenvalue weighted by atomic mass is 79.9. The molecular formula is C44H37BrCl2F3N5O5. The number of rotatable bonds is 7. The van der Waals surface area contributed by atoms with Crippen molar-refractivity contribution in [3.05, 3.63) is 133 Å². The van der Waals surface area contributed by atoms with E-state index in [1.54, 1.807) is 36.4 Å². The summed E-state index contributed by atoms with van der Waals surface area (Å²) in [4.78, 5) is 67.1. The molecule has 1 aromatic heterocycles. The normalized spacial score (nSPS) is 27.2. The number of phenols is 1. The number of carbonyl (C=O) groups is 4. The maximum atomic E-state index is 15.4. The number of nitrogens with one attached hydrogen (secondary N) is 1. The van der Waals surface area contributed by atoms with Gasteiger partial charge in [-0.3, -0.25) is 34.4 Å². The molecule has 3 saturated heterocycles. The Morgan fingerprint density at radius 1 is 0.900 bits per heavy atom. The van der Waals surface area contributed by atoms with Gasteiger partial charge in [-0.1, -0.05) is 93.2 Å². The summed E-state index contributed by atoms with van der Waals surface area (Å²) in [7, 11) is 0. The number of benzene rings is 3. The molecule has 0 bridgehead atoms. The fourth-order valence-corrected chi connectivity index (χ4v) is 11.2. The zero-order valence-corrected chi connectivity index (χ0v) is 34.8. The number of pyridine rings is 1. The molecule has 16 heteroatoms. The molecule has 5 aliphatic rings. The monoisotopic (exact) mass is 921 g/mol. The number of imide groups is 2. The van der Waals surface area contributed by atoms with Crippen LogP contribution in [-0.4, -0.2) is 67.7 Å². The number of alkyl halides is 3. The molecule has 10 nitrogen and oxygen atoms in total. The van der Waals surface area contributed by atoms with Gasteiger partial charge in [0, 0.05) is 52.8 Å². The molecule has 0 radical (unpaired) electrons. The zero-order chi connectivity index (χ0) is 42.2. The van der Waals surface area contributed by atoms with E-state index in [1.165, 1.54) is 16.5 Å². The van der Waals surface area contributed by atoms with Crippen LogP contribution in [-0.2, 0) is 37.3 Å². The van der Waals surface area contributed by atoms with Gasteiger partial charge in [0.25, 0.3) is 11.8 Å². The lowest BCUT2D eigenvalue weighted by Gasteiger charge is -2.50. The SMILES string of the molecule is O=C1[C@@H]2C[C@@H]3C(=CC[C@@H]4C(=O)N(C5CCN(Cc6ccccc6)CC5)C(=O)[C@@H]43)[C@H](c3cc(Br)ccc3O)[C@]2(c2ccc(Cl)cc2)C(=O)N1Nc1ncc(C(F)(F)F)cc1Cl. The minimum atomic E-state index is -4.75. The maximum Gasteiger partial charge on any atom is 0.417 e. The van der Waals surface area contributed by atoms with Gasteiger partial charge in [0.1, 0.15) is 5.75 Å². The van der Waals surface area contributed by atoms with E-state index in [0.717, 1.165) is 11.6 Å². The van der Waals surface area contributed by atoms with Crippen LogP contribution in [0, 0.1) is 23.7 Å². The lowest BCUT2D eigenvalue weighted by molar-refractivity contribution is -0.144. The molecule has 0 unspecified atom stereocenters. The first-order valence-corrected chi connectivity index (χ1v) is 21.2. The number of likely N-dealkylation sites (tertiary alicyclic amines) is 2. The summed E-state index contributed by atoms with van der Waals surface area (Å²) >= 11 is 16.2. The number of aromatic hydroxyl groups is 1. The summed E-state index contributed by atoms with van der Waals surface area (Å²) in [6, 6.07) is 21.7. The van der Waals surface area contributed by atoms with Gasteiger partial charge in [-0.25, -0.2) is 4.98 Å². The highest BCUT2D eigenvalue weighted by Gasteiger charge is 2.71. The van der Waals surface area contributed by atoms with E-state index in [4.69, 9.17) is 23.2 Å². The van der Waals surface area contributed by atoms with Gasteiger partial charge in [-0.15, -0.1) is 0 Å². The molecule has 3 aliphatic heterocycles. The summed E-state index contributed by atoms with van der Waals surface area (Å²) in [6.07, 6.45) is -0.919. The van der Waals surface area contributed by atoms with Crippen LogP contribution in [0.25, 0.3) is 0 Å². The number of amides is 4. The first kappa shape index (κ1) is 40.6. The number of allylic oxidation sites excluding steroid dienone is 2. The molecule has 1 saturated carbocycles. The van der Waals surface area contributed by atoms with E-state index in [0.29, 0.717) is 64.4 Å². The number of nitrogens with zero attached hydrogens (tertiary/aromatic N) is 4. The van der Waals surface area contributed by atoms with Crippen molar-refractivity contribution >= 4 is 68.6 Å². The Labute approximate surface area is 361 Å². The number of hydrogen-bond donors (Lipinski definition) is 2. The molecule has 3 aromatic carbocycles. The van der Waals surface area contributed by atoms with Gasteiger partial charge in [0.05, 0.1) is 33.8 Å². The third kappa shape index (κ3) is 6.61. The third-order valence-electron chi connectivity index (χ3n) is 13.1. The minimum absolute atomic E-state index is 0.0276. The van der Waals surface area contributed by atoms with Crippen molar-refractivity contribution in [3.8, 4) is 5.75 Å². The van der Waals surface area contributed by atoms with Gasteiger partial charge in [-0.05, 0) is 79.1 Å². The van der Waals surface area contributed by atoms with Crippen LogP contribution in [0.4, 0.5) is 19.0 Å². The quantitative estimate of drug-likeness (QED) is 0.140. The molecule has 4 aromatic rings. The molecule has 4 fully saturated rings. The smallest absolute Gasteiger partial charge is 0.417 e. The number of halogens is 6. The number of anilines is 1. The van der Waals surface area contributed by atoms with Crippen LogP contribution >= 0.6 is 39.1 Å². The van der Waals surface area contributed by atoms with Crippen molar-refractivity contribution in [3.63, 3.8) is 0 Å². The highest BCUT2D eigenvalue weighted by molar-refractivity contribution is 9.10. The Morgan fingerprint density at radius 2 is 1.62 bits per heavy atom. The molecule has 6 atom stereocenters. The fraction of sp³-hybridized carbons (Fsp3) is 0.341. The minimum Gasteiger partial charge on any atom is -0.508 e. The van der Waals surface area contributed by atoms with E-state index >= 15 is 4.79 Å². The van der Waals surface area contributed by atoms with Crippen molar-refractivity contribution in [2.24, 2.45) is 23.7 Å². The largest absolute Gasteiger partial charge is 0.508 e. The Hall–Kier alpha value is -4.76. The van der Waals surface area contributed by atoms with E-state index in [1.807, 2.05) is 24.3 Å². The first-order chi connectivity index (χ1) is 28.7. The first-order valence-electron chi connectivity index (χ1n) is 19.6. The summed E-state index contributed by atoms with van der Waals surface area (Å²) in [5.74, 6) is -7.10. The highest BCUT2D eigenvalue weighted by Crippen LogP contribution is 2.65. The Morgan fingerprint density at radius 3 is 2.30 bits per heavy atom. The molecule has 9 rings (SSSR count). The second-order valence-electron chi connectivity index (χ2n) is 16.2. The average molecular weight is 924 g/mol. The number of hydrazine groups is 1. The molecule has 2 aliphatic carbocycles. The van der Waals surface area contributed by atoms with Crippen molar-refractivity contribution in [1.29, 1.82) is 0 Å². The van der Waals surface area contributed by atoms with Crippen molar-refractivity contribution in [1.82, 2.24) is 19.8 Å². The number of hydrogen-bond acceptors (Lipinski definition) is 8. The van der Waals surface area contributed by atoms with Crippen molar-refractivity contribution in [2.45, 2.75) is 55.8 Å². The molecule has 0 spiro atoms. The molecule has 310 valence electrons. The van der Waals surface area contributed by atoms with Crippen molar-refractivity contribution < 1.29 is 37.5 Å². The van der Waals surface area contributed by atoms with Gasteiger partial charge in [0.15, 0.2) is 5.82 Å². The van der Waals surface area contributed by atoms with E-state index in [2.05, 4.69) is 43.4 Å². The second-order valence-corrected chi connectivity index (χ2v) is 17.9. The van der Waals surface area contributed by atoms with Crippen LogP contribution in [0.2, 0.25) is 10.0 Å². The number of aromatic nitrogens is 1. The maximum absolute atomic E-state index is 15.4. The zero-order valence-electron chi connectivity index (χ0n) is 31.7. The van der Waals surface area contributed by atoms with E-state index in [9.17, 15) is 32.7 Å². The molecular weight excluding hydrogens is 886 g/mol. The Balaban J connectivity index is 1.12. The number of piperidine rings is 1. The van der Waals surface area contributed by atoms with Crippen LogP contribution in [0.3, 0.4) is 0 Å². The van der Waals surface area contributed by atoms with Crippen molar-refractivity contribution in [2.75, 3.05) is 18.5 Å². The van der Waals surface area contributed by atoms with Gasteiger partial charge in [-0.2, -0.15) is 18.2 Å². The number of carbonyl (C=O) groups excluding carboxylic acids is 4. The Kier molecular flexibility index (Phi) is 10.4. The van der Waals surface area contributed by atoms with Crippen LogP contribution in [0.1, 0.15) is 53.9 Å². The standard InChI is InChI=1S/C44H37BrCl2F3N5O5/c45-26-8-13-35(56)32(19-26)37-29-11-12-30-36(41(59)54(39(30)57)28-14-16-53(17-15-28)22-23-4-2-1-3-5-23)31(29)20-33-40(58)55(42(60)43(33,37)24-6-9-27(46)10-7-24)52-38-34(47)18-25(21-51-38)44(48,49)50/h1-11,13,18-19,21,28,30-31,33,36-37,56H,12,14-17,20,22H2,(H,51,52)/t30-,31+,33-,36-,37+,43+/m0/s1. The second kappa shape index (κ2) is 15.3. The molecule has 60 heavy (non-hydrogen) atoms. The average Bonchev–Trinajstić information content (AvgIpc) is 3.60. The summed E-state index contributed by atoms with van der Waals surface area (Å²) in [6.45, 7) is 2.16. The van der Waals surface area contributed by atoms with Crippen LogP contribution in [0.5, 0.6) is 5.75 Å². The molecule has 2 N–H and O–H groups in total. The summed E-state index contributed by atoms with van der Waals surface area (Å²) in [5.41, 5.74) is 2.22. The predicted molar refractivity (Wildman–Crippen MR) is 219 cm³/mol.